The number of thiazole rings is 1. The first-order valence-electron chi connectivity index (χ1n) is 6.55. The quantitative estimate of drug-likeness (QED) is 0.816. The number of carbonyl (C=O) groups is 1. The van der Waals surface area contributed by atoms with Crippen LogP contribution in [0.1, 0.15) is 37.5 Å². The summed E-state index contributed by atoms with van der Waals surface area (Å²) in [5.74, 6) is 6.27. The first-order chi connectivity index (χ1) is 9.19. The molecule has 1 aliphatic rings. The van der Waals surface area contributed by atoms with Crippen molar-refractivity contribution in [3.8, 4) is 11.8 Å². The first-order valence-corrected chi connectivity index (χ1v) is 7.37. The summed E-state index contributed by atoms with van der Waals surface area (Å²) < 4.78 is 0. The van der Waals surface area contributed by atoms with E-state index in [0.29, 0.717) is 5.13 Å². The molecule has 1 aromatic heterocycles. The number of aromatic nitrogens is 1. The van der Waals surface area contributed by atoms with Crippen LogP contribution in [0.4, 0.5) is 5.13 Å². The number of nitrogens with zero attached hydrogens (tertiary/aromatic N) is 1. The molecule has 2 N–H and O–H groups in total. The van der Waals surface area contributed by atoms with Crippen LogP contribution >= 0.6 is 11.3 Å². The van der Waals surface area contributed by atoms with Crippen LogP contribution in [-0.2, 0) is 4.79 Å². The van der Waals surface area contributed by atoms with Gasteiger partial charge in [-0.15, -0.1) is 0 Å². The zero-order chi connectivity index (χ0) is 13.7. The van der Waals surface area contributed by atoms with E-state index in [4.69, 9.17) is 5.11 Å². The van der Waals surface area contributed by atoms with Crippen LogP contribution in [0.5, 0.6) is 0 Å². The van der Waals surface area contributed by atoms with Gasteiger partial charge in [0.2, 0.25) is 5.91 Å². The molecule has 0 radical (unpaired) electrons. The Morgan fingerprint density at radius 2 is 2.26 bits per heavy atom. The summed E-state index contributed by atoms with van der Waals surface area (Å²) >= 11 is 1.34. The monoisotopic (exact) mass is 278 g/mol. The molecule has 1 saturated carbocycles. The minimum atomic E-state index is -0.167. The van der Waals surface area contributed by atoms with Gasteiger partial charge in [-0.1, -0.05) is 30.1 Å². The summed E-state index contributed by atoms with van der Waals surface area (Å²) in [5.41, 5.74) is 0. The van der Waals surface area contributed by atoms with Crippen molar-refractivity contribution in [3.63, 3.8) is 0 Å². The highest BCUT2D eigenvalue weighted by Gasteiger charge is 2.24. The van der Waals surface area contributed by atoms with E-state index in [1.165, 1.54) is 11.3 Å². The lowest BCUT2D eigenvalue weighted by atomic mass is 9.82. The normalized spacial score (nSPS) is 22.4. The second kappa shape index (κ2) is 6.69. The van der Waals surface area contributed by atoms with Gasteiger partial charge >= 0.3 is 0 Å². The molecule has 0 atom stereocenters. The van der Waals surface area contributed by atoms with Crippen molar-refractivity contribution in [2.45, 2.75) is 32.6 Å². The predicted octanol–water partition coefficient (Wildman–Crippen LogP) is 2.25. The van der Waals surface area contributed by atoms with Crippen LogP contribution in [0.15, 0.2) is 6.20 Å². The molecular formula is C14H18N2O2S. The highest BCUT2D eigenvalue weighted by atomic mass is 32.1. The number of hydrogen-bond acceptors (Lipinski definition) is 4. The second-order valence-corrected chi connectivity index (χ2v) is 5.97. The van der Waals surface area contributed by atoms with Crippen molar-refractivity contribution in [2.24, 2.45) is 11.8 Å². The Morgan fingerprint density at radius 1 is 1.53 bits per heavy atom. The molecule has 0 bridgehead atoms. The van der Waals surface area contributed by atoms with Gasteiger partial charge in [0, 0.05) is 5.92 Å². The summed E-state index contributed by atoms with van der Waals surface area (Å²) in [4.78, 5) is 16.9. The molecule has 0 saturated heterocycles. The lowest BCUT2D eigenvalue weighted by Crippen LogP contribution is -2.26. The summed E-state index contributed by atoms with van der Waals surface area (Å²) in [6.07, 6.45) is 5.81. The second-order valence-electron chi connectivity index (χ2n) is 4.94. The molecule has 0 aliphatic heterocycles. The molecule has 4 nitrogen and oxygen atoms in total. The van der Waals surface area contributed by atoms with Gasteiger partial charge in [-0.3, -0.25) is 4.79 Å². The number of hydrogen-bond donors (Lipinski definition) is 2. The van der Waals surface area contributed by atoms with Gasteiger partial charge in [-0.2, -0.15) is 0 Å². The maximum absolute atomic E-state index is 12.1. The van der Waals surface area contributed by atoms with E-state index in [-0.39, 0.29) is 18.4 Å². The van der Waals surface area contributed by atoms with Crippen LogP contribution in [0.25, 0.3) is 0 Å². The first kappa shape index (κ1) is 14.0. The van der Waals surface area contributed by atoms with Crippen molar-refractivity contribution in [2.75, 3.05) is 11.9 Å². The molecule has 5 heteroatoms. The van der Waals surface area contributed by atoms with Crippen LogP contribution in [0.3, 0.4) is 0 Å². The SMILES string of the molecule is CC1CCC(C(=O)Nc2ncc(C#CCO)s2)CC1. The molecule has 19 heavy (non-hydrogen) atoms. The fourth-order valence-corrected chi connectivity index (χ4v) is 2.94. The molecule has 1 fully saturated rings. The third-order valence-electron chi connectivity index (χ3n) is 3.41. The summed E-state index contributed by atoms with van der Waals surface area (Å²) in [6.45, 7) is 2.07. The van der Waals surface area contributed by atoms with Gasteiger partial charge < -0.3 is 10.4 Å². The Labute approximate surface area is 117 Å². The van der Waals surface area contributed by atoms with Crippen LogP contribution in [0, 0.1) is 23.7 Å². The molecular weight excluding hydrogens is 260 g/mol. The number of amides is 1. The standard InChI is InChI=1S/C14H18N2O2S/c1-10-4-6-11(7-5-10)13(18)16-14-15-9-12(19-14)3-2-8-17/h9-11,17H,4-8H2,1H3,(H,15,16,18). The summed E-state index contributed by atoms with van der Waals surface area (Å²) in [7, 11) is 0. The fraction of sp³-hybridized carbons (Fsp3) is 0.571. The van der Waals surface area contributed by atoms with Gasteiger partial charge in [0.25, 0.3) is 0 Å². The van der Waals surface area contributed by atoms with Crippen molar-refractivity contribution < 1.29 is 9.90 Å². The number of anilines is 1. The van der Waals surface area contributed by atoms with Crippen molar-refractivity contribution in [1.82, 2.24) is 4.98 Å². The Hall–Kier alpha value is -1.38. The highest BCUT2D eigenvalue weighted by molar-refractivity contribution is 7.16. The van der Waals surface area contributed by atoms with Gasteiger partial charge in [-0.25, -0.2) is 4.98 Å². The molecule has 0 unspecified atom stereocenters. The summed E-state index contributed by atoms with van der Waals surface area (Å²) in [5, 5.41) is 12.1. The molecule has 2 rings (SSSR count). The van der Waals surface area contributed by atoms with E-state index in [2.05, 4.69) is 29.1 Å². The van der Waals surface area contributed by atoms with Crippen LogP contribution in [-0.4, -0.2) is 22.6 Å². The minimum absolute atomic E-state index is 0.0721. The Balaban J connectivity index is 1.90. The number of aliphatic hydroxyl groups excluding tert-OH is 1. The van der Waals surface area contributed by atoms with E-state index in [1.807, 2.05) is 0 Å². The van der Waals surface area contributed by atoms with Crippen LogP contribution in [0.2, 0.25) is 0 Å². The summed E-state index contributed by atoms with van der Waals surface area (Å²) in [6, 6.07) is 0. The van der Waals surface area contributed by atoms with Gasteiger partial charge in [0.15, 0.2) is 5.13 Å². The maximum Gasteiger partial charge on any atom is 0.229 e. The van der Waals surface area contributed by atoms with Crippen molar-refractivity contribution in [1.29, 1.82) is 0 Å². The molecule has 1 amide bonds. The van der Waals surface area contributed by atoms with Crippen molar-refractivity contribution in [3.05, 3.63) is 11.1 Å². The molecule has 1 aromatic rings. The zero-order valence-corrected chi connectivity index (χ0v) is 11.8. The number of aliphatic hydroxyl groups is 1. The minimum Gasteiger partial charge on any atom is -0.384 e. The lowest BCUT2D eigenvalue weighted by Gasteiger charge is -2.24. The van der Waals surface area contributed by atoms with E-state index >= 15 is 0 Å². The van der Waals surface area contributed by atoms with Gasteiger partial charge in [-0.05, 0) is 31.6 Å². The molecule has 102 valence electrons. The molecule has 1 heterocycles. The Bertz CT molecular complexity index is 493. The lowest BCUT2D eigenvalue weighted by molar-refractivity contribution is -0.121. The third-order valence-corrected chi connectivity index (χ3v) is 4.24. The predicted molar refractivity (Wildman–Crippen MR) is 75.8 cm³/mol. The van der Waals surface area contributed by atoms with E-state index < -0.39 is 0 Å². The molecule has 0 spiro atoms. The smallest absolute Gasteiger partial charge is 0.229 e. The van der Waals surface area contributed by atoms with Crippen molar-refractivity contribution >= 4 is 22.4 Å². The van der Waals surface area contributed by atoms with E-state index in [0.717, 1.165) is 36.5 Å². The largest absolute Gasteiger partial charge is 0.384 e. The zero-order valence-electron chi connectivity index (χ0n) is 11.0. The highest BCUT2D eigenvalue weighted by Crippen LogP contribution is 2.29. The topological polar surface area (TPSA) is 62.2 Å². The average Bonchev–Trinajstić information content (AvgIpc) is 2.84. The third kappa shape index (κ3) is 4.05. The average molecular weight is 278 g/mol. The van der Waals surface area contributed by atoms with Gasteiger partial charge in [0.05, 0.1) is 11.1 Å². The van der Waals surface area contributed by atoms with Crippen LogP contribution < -0.4 is 5.32 Å². The number of carbonyl (C=O) groups excluding carboxylic acids is 1. The van der Waals surface area contributed by atoms with E-state index in [9.17, 15) is 4.79 Å². The molecule has 0 aromatic carbocycles. The Kier molecular flexibility index (Phi) is 4.94. The fourth-order valence-electron chi connectivity index (χ4n) is 2.25. The van der Waals surface area contributed by atoms with E-state index in [1.54, 1.807) is 6.20 Å². The Morgan fingerprint density at radius 3 is 2.95 bits per heavy atom. The van der Waals surface area contributed by atoms with Gasteiger partial charge in [0.1, 0.15) is 6.61 Å². The number of nitrogens with one attached hydrogen (secondary N) is 1. The number of rotatable bonds is 2. The maximum atomic E-state index is 12.1. The molecule has 1 aliphatic carbocycles.